The smallest absolute Gasteiger partial charge is 0.313 e. The molecule has 2 heterocycles. The highest BCUT2D eigenvalue weighted by atomic mass is 32.2. The molecule has 0 aromatic carbocycles. The molecule has 1 aliphatic rings. The topological polar surface area (TPSA) is 90.1 Å². The lowest BCUT2D eigenvalue weighted by atomic mass is 9.94. The van der Waals surface area contributed by atoms with Crippen LogP contribution in [0.2, 0.25) is 0 Å². The third kappa shape index (κ3) is 3.20. The van der Waals surface area contributed by atoms with Gasteiger partial charge >= 0.3 is 5.97 Å². The van der Waals surface area contributed by atoms with Crippen LogP contribution in [-0.2, 0) is 9.53 Å². The van der Waals surface area contributed by atoms with Gasteiger partial charge < -0.3 is 9.84 Å². The number of aromatic nitrogens is 4. The fourth-order valence-electron chi connectivity index (χ4n) is 2.04. The van der Waals surface area contributed by atoms with Gasteiger partial charge in [-0.05, 0) is 37.1 Å². The van der Waals surface area contributed by atoms with Gasteiger partial charge in [0.05, 0.1) is 17.4 Å². The summed E-state index contributed by atoms with van der Waals surface area (Å²) in [5, 5.41) is 20.7. The third-order valence-corrected chi connectivity index (χ3v) is 3.72. The molecule has 1 fully saturated rings. The summed E-state index contributed by atoms with van der Waals surface area (Å²) in [7, 11) is 0. The van der Waals surface area contributed by atoms with Crippen molar-refractivity contribution in [3.63, 3.8) is 0 Å². The average Bonchev–Trinajstić information content (AvgIpc) is 2.73. The van der Waals surface area contributed by atoms with Gasteiger partial charge in [0.1, 0.15) is 0 Å². The minimum absolute atomic E-state index is 0.0347. The molecule has 0 bridgehead atoms. The Morgan fingerprint density at radius 3 is 3.11 bits per heavy atom. The largest absolute Gasteiger partial charge is 0.481 e. The normalized spacial score (nSPS) is 22.9. The molecule has 0 amide bonds. The number of ether oxygens (including phenoxy) is 1. The van der Waals surface area contributed by atoms with Crippen molar-refractivity contribution in [2.45, 2.75) is 43.5 Å². The number of carboxylic acid groups (broad SMARTS) is 1. The molecule has 1 aromatic heterocycles. The molecule has 1 unspecified atom stereocenters. The zero-order chi connectivity index (χ0) is 13.2. The minimum Gasteiger partial charge on any atom is -0.481 e. The summed E-state index contributed by atoms with van der Waals surface area (Å²) < 4.78 is 7.37. The zero-order valence-corrected chi connectivity index (χ0v) is 11.2. The predicted molar refractivity (Wildman–Crippen MR) is 64.5 cm³/mol. The van der Waals surface area contributed by atoms with Gasteiger partial charge in [0, 0.05) is 6.61 Å². The van der Waals surface area contributed by atoms with E-state index in [1.807, 2.05) is 13.8 Å². The number of aliphatic carboxylic acids is 1. The molecule has 0 saturated carbocycles. The van der Waals surface area contributed by atoms with Crippen LogP contribution in [0.1, 0.15) is 32.7 Å². The fourth-order valence-corrected chi connectivity index (χ4v) is 2.71. The standard InChI is InChI=1S/C10H16N4O3S/c1-10(2)5-7(3-4-17-10)14-9(11-12-13-14)18-6-8(15)16/h7H,3-6H2,1-2H3,(H,15,16). The summed E-state index contributed by atoms with van der Waals surface area (Å²) in [6.07, 6.45) is 1.66. The Labute approximate surface area is 109 Å². The number of tetrazole rings is 1. The van der Waals surface area contributed by atoms with Gasteiger partial charge in [-0.2, -0.15) is 0 Å². The molecular weight excluding hydrogens is 256 g/mol. The molecular formula is C10H16N4O3S. The second-order valence-corrected chi connectivity index (χ2v) is 5.79. The molecule has 100 valence electrons. The van der Waals surface area contributed by atoms with Crippen LogP contribution in [0.25, 0.3) is 0 Å². The van der Waals surface area contributed by atoms with Gasteiger partial charge in [-0.15, -0.1) is 5.10 Å². The molecule has 2 rings (SSSR count). The first-order chi connectivity index (χ1) is 8.48. The van der Waals surface area contributed by atoms with Crippen molar-refractivity contribution in [2.75, 3.05) is 12.4 Å². The van der Waals surface area contributed by atoms with Gasteiger partial charge in [-0.3, -0.25) is 4.79 Å². The van der Waals surface area contributed by atoms with Gasteiger partial charge in [-0.25, -0.2) is 4.68 Å². The summed E-state index contributed by atoms with van der Waals surface area (Å²) in [4.78, 5) is 10.6. The van der Waals surface area contributed by atoms with Crippen molar-refractivity contribution in [3.8, 4) is 0 Å². The van der Waals surface area contributed by atoms with Crippen LogP contribution in [-0.4, -0.2) is 49.2 Å². The number of rotatable bonds is 4. The highest BCUT2D eigenvalue weighted by molar-refractivity contribution is 7.99. The van der Waals surface area contributed by atoms with Gasteiger partial charge in [-0.1, -0.05) is 11.8 Å². The molecule has 1 N–H and O–H groups in total. The summed E-state index contributed by atoms with van der Waals surface area (Å²) in [5.74, 6) is -0.908. The maximum atomic E-state index is 10.6. The molecule has 1 atom stereocenters. The first kappa shape index (κ1) is 13.3. The number of hydrogen-bond donors (Lipinski definition) is 1. The predicted octanol–water partition coefficient (Wildman–Crippen LogP) is 0.980. The number of carbonyl (C=O) groups is 1. The van der Waals surface area contributed by atoms with Crippen molar-refractivity contribution in [1.29, 1.82) is 0 Å². The molecule has 0 spiro atoms. The molecule has 1 saturated heterocycles. The Hall–Kier alpha value is -1.15. The molecule has 0 aliphatic carbocycles. The lowest BCUT2D eigenvalue weighted by Crippen LogP contribution is -2.35. The van der Waals surface area contributed by atoms with Crippen LogP contribution in [0.15, 0.2) is 5.16 Å². The molecule has 18 heavy (non-hydrogen) atoms. The second kappa shape index (κ2) is 5.23. The lowest BCUT2D eigenvalue weighted by molar-refractivity contribution is -0.133. The van der Waals surface area contributed by atoms with Crippen LogP contribution in [0.3, 0.4) is 0 Å². The first-order valence-electron chi connectivity index (χ1n) is 5.74. The monoisotopic (exact) mass is 272 g/mol. The van der Waals surface area contributed by atoms with Gasteiger partial charge in [0.2, 0.25) is 5.16 Å². The Morgan fingerprint density at radius 2 is 2.44 bits per heavy atom. The van der Waals surface area contributed by atoms with Crippen LogP contribution in [0, 0.1) is 0 Å². The molecule has 7 nitrogen and oxygen atoms in total. The van der Waals surface area contributed by atoms with Crippen molar-refractivity contribution < 1.29 is 14.6 Å². The van der Waals surface area contributed by atoms with Crippen molar-refractivity contribution in [1.82, 2.24) is 20.2 Å². The van der Waals surface area contributed by atoms with Crippen molar-refractivity contribution in [2.24, 2.45) is 0 Å². The second-order valence-electron chi connectivity index (χ2n) is 4.84. The van der Waals surface area contributed by atoms with E-state index in [2.05, 4.69) is 15.5 Å². The first-order valence-corrected chi connectivity index (χ1v) is 6.73. The van der Waals surface area contributed by atoms with E-state index in [0.717, 1.165) is 24.6 Å². The molecule has 1 aliphatic heterocycles. The third-order valence-electron chi connectivity index (χ3n) is 2.80. The van der Waals surface area contributed by atoms with Crippen LogP contribution in [0.5, 0.6) is 0 Å². The highest BCUT2D eigenvalue weighted by Crippen LogP contribution is 2.33. The van der Waals surface area contributed by atoms with E-state index in [1.165, 1.54) is 0 Å². The summed E-state index contributed by atoms with van der Waals surface area (Å²) >= 11 is 1.14. The fraction of sp³-hybridized carbons (Fsp3) is 0.800. The lowest BCUT2D eigenvalue weighted by Gasteiger charge is -2.35. The molecule has 0 radical (unpaired) electrons. The van der Waals surface area contributed by atoms with E-state index in [1.54, 1.807) is 4.68 Å². The number of hydrogen-bond acceptors (Lipinski definition) is 6. The average molecular weight is 272 g/mol. The van der Waals surface area contributed by atoms with Crippen LogP contribution < -0.4 is 0 Å². The summed E-state index contributed by atoms with van der Waals surface area (Å²) in [6, 6.07) is 0.167. The Bertz CT molecular complexity index is 435. The summed E-state index contributed by atoms with van der Waals surface area (Å²) in [5.41, 5.74) is -0.191. The van der Waals surface area contributed by atoms with E-state index in [9.17, 15) is 4.79 Å². The Balaban J connectivity index is 2.08. The number of carboxylic acids is 1. The van der Waals surface area contributed by atoms with E-state index < -0.39 is 5.97 Å². The van der Waals surface area contributed by atoms with Crippen LogP contribution >= 0.6 is 11.8 Å². The minimum atomic E-state index is -0.873. The number of thioether (sulfide) groups is 1. The van der Waals surface area contributed by atoms with E-state index >= 15 is 0 Å². The Morgan fingerprint density at radius 1 is 1.67 bits per heavy atom. The van der Waals surface area contributed by atoms with E-state index in [4.69, 9.17) is 9.84 Å². The van der Waals surface area contributed by atoms with Crippen molar-refractivity contribution in [3.05, 3.63) is 0 Å². The molecule has 8 heteroatoms. The zero-order valence-electron chi connectivity index (χ0n) is 10.4. The SMILES string of the molecule is CC1(C)CC(n2nnnc2SCC(=O)O)CCO1. The van der Waals surface area contributed by atoms with Gasteiger partial charge in [0.25, 0.3) is 0 Å². The maximum absolute atomic E-state index is 10.6. The molecule has 1 aromatic rings. The van der Waals surface area contributed by atoms with Gasteiger partial charge in [0.15, 0.2) is 0 Å². The highest BCUT2D eigenvalue weighted by Gasteiger charge is 2.31. The quantitative estimate of drug-likeness (QED) is 0.817. The number of nitrogens with zero attached hydrogens (tertiary/aromatic N) is 4. The maximum Gasteiger partial charge on any atom is 0.313 e. The van der Waals surface area contributed by atoms with E-state index in [0.29, 0.717) is 11.8 Å². The van der Waals surface area contributed by atoms with Crippen LogP contribution in [0.4, 0.5) is 0 Å². The summed E-state index contributed by atoms with van der Waals surface area (Å²) in [6.45, 7) is 4.74. The Kier molecular flexibility index (Phi) is 3.86. The van der Waals surface area contributed by atoms with Crippen molar-refractivity contribution >= 4 is 17.7 Å². The van der Waals surface area contributed by atoms with E-state index in [-0.39, 0.29) is 17.4 Å².